The molecule has 2 aromatic rings. The fourth-order valence-electron chi connectivity index (χ4n) is 1.87. The molecule has 0 aliphatic heterocycles. The topological polar surface area (TPSA) is 101 Å². The summed E-state index contributed by atoms with van der Waals surface area (Å²) >= 11 is 0.630. The Morgan fingerprint density at radius 3 is 2.59 bits per heavy atom. The van der Waals surface area contributed by atoms with Gasteiger partial charge < -0.3 is 9.84 Å². The molecule has 2 aromatic heterocycles. The van der Waals surface area contributed by atoms with E-state index in [0.29, 0.717) is 11.3 Å². The maximum absolute atomic E-state index is 12.3. The number of halogens is 3. The standard InChI is InChI=1S/C11H9F3N2O5S/c1-4-5-6(17)15-9(18)16(3-2-11(12,13)14)7(5)22-8(4)21-10(19)20/h2-3H2,1H3,(H,19,20)(H,15,17,18). The monoisotopic (exact) mass is 338 g/mol. The second-order valence-electron chi connectivity index (χ2n) is 4.34. The smallest absolute Gasteiger partial charge is 0.449 e. The molecule has 0 aliphatic carbocycles. The van der Waals surface area contributed by atoms with Gasteiger partial charge in [-0.25, -0.2) is 9.59 Å². The van der Waals surface area contributed by atoms with Gasteiger partial charge in [-0.3, -0.25) is 14.3 Å². The lowest BCUT2D eigenvalue weighted by Crippen LogP contribution is -2.31. The number of alkyl halides is 3. The summed E-state index contributed by atoms with van der Waals surface area (Å²) in [5.74, 6) is 0. The molecule has 120 valence electrons. The van der Waals surface area contributed by atoms with Gasteiger partial charge in [0.15, 0.2) is 5.06 Å². The molecular weight excluding hydrogens is 329 g/mol. The number of nitrogens with one attached hydrogen (secondary N) is 1. The molecule has 0 bridgehead atoms. The van der Waals surface area contributed by atoms with Gasteiger partial charge in [-0.05, 0) is 6.92 Å². The molecular formula is C11H9F3N2O5S. The molecule has 0 fully saturated rings. The second kappa shape index (κ2) is 5.48. The summed E-state index contributed by atoms with van der Waals surface area (Å²) in [4.78, 5) is 35.9. The molecule has 0 radical (unpaired) electrons. The summed E-state index contributed by atoms with van der Waals surface area (Å²) in [6.45, 7) is 0.687. The fourth-order valence-corrected chi connectivity index (χ4v) is 3.05. The Morgan fingerprint density at radius 2 is 2.05 bits per heavy atom. The number of hydrogen-bond acceptors (Lipinski definition) is 5. The first-order valence-electron chi connectivity index (χ1n) is 5.84. The van der Waals surface area contributed by atoms with Gasteiger partial charge in [0.05, 0.1) is 11.8 Å². The number of hydrogen-bond donors (Lipinski definition) is 2. The largest absolute Gasteiger partial charge is 0.512 e. The van der Waals surface area contributed by atoms with Crippen molar-refractivity contribution >= 4 is 27.7 Å². The molecule has 0 amide bonds. The van der Waals surface area contributed by atoms with Crippen molar-refractivity contribution in [1.29, 1.82) is 0 Å². The van der Waals surface area contributed by atoms with E-state index in [1.54, 1.807) is 0 Å². The molecule has 22 heavy (non-hydrogen) atoms. The number of nitrogens with zero attached hydrogens (tertiary/aromatic N) is 1. The molecule has 2 N–H and O–H groups in total. The van der Waals surface area contributed by atoms with Crippen molar-refractivity contribution < 1.29 is 27.8 Å². The summed E-state index contributed by atoms with van der Waals surface area (Å²) in [6, 6.07) is 0. The molecule has 2 rings (SSSR count). The summed E-state index contributed by atoms with van der Waals surface area (Å²) in [5.41, 5.74) is -1.66. The van der Waals surface area contributed by atoms with Gasteiger partial charge in [0.1, 0.15) is 4.83 Å². The first kappa shape index (κ1) is 16.1. The Balaban J connectivity index is 2.63. The molecule has 2 heterocycles. The minimum atomic E-state index is -4.48. The van der Waals surface area contributed by atoms with Crippen molar-refractivity contribution in [3.05, 3.63) is 26.4 Å². The zero-order valence-electron chi connectivity index (χ0n) is 11.0. The molecule has 0 atom stereocenters. The SMILES string of the molecule is Cc1c(OC(=O)O)sc2c1c(=O)[nH]c(=O)n2CCC(F)(F)F. The summed E-state index contributed by atoms with van der Waals surface area (Å²) in [7, 11) is 0. The molecule has 0 saturated carbocycles. The van der Waals surface area contributed by atoms with Gasteiger partial charge in [-0.15, -0.1) is 0 Å². The first-order chi connectivity index (χ1) is 10.1. The number of aryl methyl sites for hydroxylation is 2. The highest BCUT2D eigenvalue weighted by Gasteiger charge is 2.28. The Labute approximate surface area is 123 Å². The summed E-state index contributed by atoms with van der Waals surface area (Å²) < 4.78 is 42.2. The lowest BCUT2D eigenvalue weighted by Gasteiger charge is -2.08. The average molecular weight is 338 g/mol. The van der Waals surface area contributed by atoms with E-state index < -0.39 is 36.5 Å². The lowest BCUT2D eigenvalue weighted by atomic mass is 10.2. The van der Waals surface area contributed by atoms with Gasteiger partial charge >= 0.3 is 18.0 Å². The third-order valence-corrected chi connectivity index (χ3v) is 4.01. The number of thiophene rings is 1. The predicted octanol–water partition coefficient (Wildman–Crippen LogP) is 2.07. The average Bonchev–Trinajstić information content (AvgIpc) is 2.64. The highest BCUT2D eigenvalue weighted by atomic mass is 32.1. The Hall–Kier alpha value is -2.30. The van der Waals surface area contributed by atoms with Crippen molar-refractivity contribution in [2.24, 2.45) is 0 Å². The number of H-pyrrole nitrogens is 1. The normalized spacial score (nSPS) is 11.8. The maximum atomic E-state index is 12.3. The number of rotatable bonds is 3. The van der Waals surface area contributed by atoms with Gasteiger partial charge in [-0.2, -0.15) is 13.2 Å². The van der Waals surface area contributed by atoms with Gasteiger partial charge in [0.2, 0.25) is 0 Å². The van der Waals surface area contributed by atoms with E-state index in [1.165, 1.54) is 6.92 Å². The van der Waals surface area contributed by atoms with Crippen LogP contribution in [0.5, 0.6) is 5.06 Å². The van der Waals surface area contributed by atoms with Gasteiger partial charge in [-0.1, -0.05) is 11.3 Å². The van der Waals surface area contributed by atoms with Gasteiger partial charge in [0, 0.05) is 12.1 Å². The van der Waals surface area contributed by atoms with Crippen LogP contribution in [-0.2, 0) is 6.54 Å². The number of fused-ring (bicyclic) bond motifs is 1. The van der Waals surface area contributed by atoms with E-state index in [-0.39, 0.29) is 20.8 Å². The van der Waals surface area contributed by atoms with Crippen molar-refractivity contribution in [2.75, 3.05) is 0 Å². The van der Waals surface area contributed by atoms with E-state index in [2.05, 4.69) is 4.74 Å². The Bertz CT molecular complexity index is 848. The zero-order valence-corrected chi connectivity index (χ0v) is 11.8. The van der Waals surface area contributed by atoms with Crippen molar-refractivity contribution in [3.8, 4) is 5.06 Å². The van der Waals surface area contributed by atoms with E-state index >= 15 is 0 Å². The molecule has 7 nitrogen and oxygen atoms in total. The fraction of sp³-hybridized carbons (Fsp3) is 0.364. The number of aromatic amines is 1. The molecule has 0 aromatic carbocycles. The number of ether oxygens (including phenoxy) is 1. The van der Waals surface area contributed by atoms with E-state index in [1.807, 2.05) is 4.98 Å². The first-order valence-corrected chi connectivity index (χ1v) is 6.65. The van der Waals surface area contributed by atoms with Crippen molar-refractivity contribution in [3.63, 3.8) is 0 Å². The number of aromatic nitrogens is 2. The minimum absolute atomic E-state index is 0.0632. The third-order valence-electron chi connectivity index (χ3n) is 2.82. The molecule has 0 saturated heterocycles. The molecule has 0 aliphatic rings. The Kier molecular flexibility index (Phi) is 4.00. The quantitative estimate of drug-likeness (QED) is 0.834. The van der Waals surface area contributed by atoms with Crippen LogP contribution in [0.4, 0.5) is 18.0 Å². The third kappa shape index (κ3) is 3.13. The van der Waals surface area contributed by atoms with E-state index in [4.69, 9.17) is 5.11 Å². The maximum Gasteiger partial charge on any atom is 0.512 e. The lowest BCUT2D eigenvalue weighted by molar-refractivity contribution is -0.136. The number of carboxylic acid groups (broad SMARTS) is 1. The number of carbonyl (C=O) groups is 1. The Morgan fingerprint density at radius 1 is 1.41 bits per heavy atom. The molecule has 11 heteroatoms. The summed E-state index contributed by atoms with van der Waals surface area (Å²) in [6.07, 6.45) is -7.37. The summed E-state index contributed by atoms with van der Waals surface area (Å²) in [5, 5.41) is 8.37. The molecule has 0 unspecified atom stereocenters. The van der Waals surface area contributed by atoms with Crippen LogP contribution in [0, 0.1) is 6.92 Å². The van der Waals surface area contributed by atoms with Crippen LogP contribution in [0.2, 0.25) is 0 Å². The van der Waals surface area contributed by atoms with Crippen LogP contribution in [0.15, 0.2) is 9.59 Å². The van der Waals surface area contributed by atoms with Crippen LogP contribution in [0.1, 0.15) is 12.0 Å². The highest BCUT2D eigenvalue weighted by molar-refractivity contribution is 7.20. The second-order valence-corrected chi connectivity index (χ2v) is 5.30. The van der Waals surface area contributed by atoms with E-state index in [0.717, 1.165) is 4.57 Å². The van der Waals surface area contributed by atoms with Crippen LogP contribution < -0.4 is 16.0 Å². The van der Waals surface area contributed by atoms with Crippen LogP contribution in [-0.4, -0.2) is 27.0 Å². The van der Waals surface area contributed by atoms with E-state index in [9.17, 15) is 27.6 Å². The van der Waals surface area contributed by atoms with Crippen LogP contribution in [0.3, 0.4) is 0 Å². The predicted molar refractivity (Wildman–Crippen MR) is 70.8 cm³/mol. The highest BCUT2D eigenvalue weighted by Crippen LogP contribution is 2.35. The zero-order chi connectivity index (χ0) is 16.7. The van der Waals surface area contributed by atoms with Gasteiger partial charge in [0.25, 0.3) is 5.56 Å². The van der Waals surface area contributed by atoms with Crippen molar-refractivity contribution in [1.82, 2.24) is 9.55 Å². The van der Waals surface area contributed by atoms with Crippen LogP contribution in [0.25, 0.3) is 10.2 Å². The van der Waals surface area contributed by atoms with Crippen molar-refractivity contribution in [2.45, 2.75) is 26.1 Å². The molecule has 0 spiro atoms. The van der Waals surface area contributed by atoms with Crippen LogP contribution >= 0.6 is 11.3 Å². The minimum Gasteiger partial charge on any atom is -0.449 e.